The molecule has 2 amide bonds. The summed E-state index contributed by atoms with van der Waals surface area (Å²) in [5.74, 6) is -1.34. The van der Waals surface area contributed by atoms with E-state index in [1.807, 2.05) is 11.0 Å². The lowest BCUT2D eigenvalue weighted by Gasteiger charge is -2.36. The topological polar surface area (TPSA) is 73.9 Å². The molecular weight excluding hydrogens is 411 g/mol. The van der Waals surface area contributed by atoms with E-state index in [4.69, 9.17) is 16.3 Å². The van der Waals surface area contributed by atoms with E-state index in [1.165, 1.54) is 19.2 Å². The minimum atomic E-state index is -0.792. The van der Waals surface area contributed by atoms with Gasteiger partial charge in [0.1, 0.15) is 11.6 Å². The van der Waals surface area contributed by atoms with Crippen LogP contribution in [0, 0.1) is 5.82 Å². The molecule has 0 radical (unpaired) electrons. The molecule has 0 unspecified atom stereocenters. The Morgan fingerprint density at radius 1 is 1.10 bits per heavy atom. The fourth-order valence-corrected chi connectivity index (χ4v) is 3.46. The van der Waals surface area contributed by atoms with Crippen LogP contribution in [0.4, 0.5) is 15.8 Å². The Bertz CT molecular complexity index is 904. The van der Waals surface area contributed by atoms with Crippen LogP contribution < -0.4 is 20.3 Å². The zero-order valence-corrected chi connectivity index (χ0v) is 17.4. The number of nitrogens with one attached hydrogen (secondary N) is 2. The largest absolute Gasteiger partial charge is 0.495 e. The number of rotatable bonds is 6. The van der Waals surface area contributed by atoms with Crippen LogP contribution in [0.1, 0.15) is 0 Å². The van der Waals surface area contributed by atoms with Crippen LogP contribution in [-0.4, -0.2) is 63.1 Å². The molecule has 9 heteroatoms. The summed E-state index contributed by atoms with van der Waals surface area (Å²) in [5.41, 5.74) is 0.938. The molecule has 0 bridgehead atoms. The number of hydrogen-bond acceptors (Lipinski definition) is 5. The molecule has 0 spiro atoms. The van der Waals surface area contributed by atoms with Gasteiger partial charge < -0.3 is 20.3 Å². The third-order valence-corrected chi connectivity index (χ3v) is 5.13. The summed E-state index contributed by atoms with van der Waals surface area (Å²) in [7, 11) is 1.46. The molecule has 1 saturated heterocycles. The van der Waals surface area contributed by atoms with Gasteiger partial charge in [-0.15, -0.1) is 0 Å². The van der Waals surface area contributed by atoms with Gasteiger partial charge in [-0.05, 0) is 30.3 Å². The molecule has 2 aromatic rings. The minimum Gasteiger partial charge on any atom is -0.495 e. The molecule has 2 N–H and O–H groups in total. The molecule has 160 valence electrons. The third kappa shape index (κ3) is 5.61. The standard InChI is InChI=1S/C21H24ClFN4O3/c1-30-19-7-6-15(22)14-17(19)25-21(29)20(28)24-8-9-26-10-12-27(13-11-26)18-5-3-2-4-16(18)23/h2-7,14H,8-13H2,1H3,(H,24,28)(H,25,29). The second-order valence-electron chi connectivity index (χ2n) is 6.83. The maximum Gasteiger partial charge on any atom is 0.313 e. The number of halogens is 2. The summed E-state index contributed by atoms with van der Waals surface area (Å²) in [6, 6.07) is 11.5. The highest BCUT2D eigenvalue weighted by Crippen LogP contribution is 2.27. The molecule has 0 aromatic heterocycles. The second-order valence-corrected chi connectivity index (χ2v) is 7.27. The van der Waals surface area contributed by atoms with E-state index < -0.39 is 11.8 Å². The summed E-state index contributed by atoms with van der Waals surface area (Å²) in [5, 5.41) is 5.54. The van der Waals surface area contributed by atoms with Crippen LogP contribution in [0.25, 0.3) is 0 Å². The number of anilines is 2. The Balaban J connectivity index is 1.41. The normalized spacial score (nSPS) is 14.3. The molecule has 2 aromatic carbocycles. The minimum absolute atomic E-state index is 0.222. The number of methoxy groups -OCH3 is 1. The van der Waals surface area contributed by atoms with Crippen LogP contribution >= 0.6 is 11.6 Å². The van der Waals surface area contributed by atoms with Crippen LogP contribution in [0.2, 0.25) is 5.02 Å². The van der Waals surface area contributed by atoms with E-state index in [0.717, 1.165) is 13.1 Å². The van der Waals surface area contributed by atoms with E-state index in [0.29, 0.717) is 48.3 Å². The Morgan fingerprint density at radius 2 is 1.83 bits per heavy atom. The lowest BCUT2D eigenvalue weighted by atomic mass is 10.2. The number of nitrogens with zero attached hydrogens (tertiary/aromatic N) is 2. The average Bonchev–Trinajstić information content (AvgIpc) is 2.75. The van der Waals surface area contributed by atoms with Crippen molar-refractivity contribution in [2.24, 2.45) is 0 Å². The van der Waals surface area contributed by atoms with Gasteiger partial charge in [0.2, 0.25) is 0 Å². The summed E-state index contributed by atoms with van der Waals surface area (Å²) in [6.07, 6.45) is 0. The Morgan fingerprint density at radius 3 is 2.53 bits per heavy atom. The molecule has 1 heterocycles. The van der Waals surface area contributed by atoms with Crippen LogP contribution in [-0.2, 0) is 9.59 Å². The molecule has 30 heavy (non-hydrogen) atoms. The first kappa shape index (κ1) is 21.9. The van der Waals surface area contributed by atoms with E-state index in [2.05, 4.69) is 15.5 Å². The van der Waals surface area contributed by atoms with Crippen LogP contribution in [0.15, 0.2) is 42.5 Å². The highest BCUT2D eigenvalue weighted by molar-refractivity contribution is 6.40. The summed E-state index contributed by atoms with van der Waals surface area (Å²) >= 11 is 5.93. The van der Waals surface area contributed by atoms with E-state index in [9.17, 15) is 14.0 Å². The molecule has 7 nitrogen and oxygen atoms in total. The number of ether oxygens (including phenoxy) is 1. The number of carbonyl (C=O) groups is 2. The number of para-hydroxylation sites is 1. The maximum atomic E-state index is 13.9. The number of amides is 2. The first-order valence-corrected chi connectivity index (χ1v) is 10.0. The Kier molecular flexibility index (Phi) is 7.48. The van der Waals surface area contributed by atoms with Gasteiger partial charge in [0.05, 0.1) is 18.5 Å². The van der Waals surface area contributed by atoms with Crippen LogP contribution in [0.3, 0.4) is 0 Å². The fourth-order valence-electron chi connectivity index (χ4n) is 3.29. The van der Waals surface area contributed by atoms with Crippen molar-refractivity contribution in [1.82, 2.24) is 10.2 Å². The van der Waals surface area contributed by atoms with Crippen molar-refractivity contribution in [3.05, 3.63) is 53.3 Å². The predicted octanol–water partition coefficient (Wildman–Crippen LogP) is 2.36. The van der Waals surface area contributed by atoms with Gasteiger partial charge in [0.15, 0.2) is 0 Å². The number of hydrogen-bond donors (Lipinski definition) is 2. The highest BCUT2D eigenvalue weighted by atomic mass is 35.5. The monoisotopic (exact) mass is 434 g/mol. The molecule has 0 atom stereocenters. The number of benzene rings is 2. The maximum absolute atomic E-state index is 13.9. The lowest BCUT2D eigenvalue weighted by Crippen LogP contribution is -2.49. The third-order valence-electron chi connectivity index (χ3n) is 4.89. The van der Waals surface area contributed by atoms with Crippen molar-refractivity contribution < 1.29 is 18.7 Å². The van der Waals surface area contributed by atoms with Crippen molar-refractivity contribution in [3.8, 4) is 5.75 Å². The van der Waals surface area contributed by atoms with Gasteiger partial charge in [-0.2, -0.15) is 0 Å². The van der Waals surface area contributed by atoms with E-state index in [-0.39, 0.29) is 5.82 Å². The SMILES string of the molecule is COc1ccc(Cl)cc1NC(=O)C(=O)NCCN1CCN(c2ccccc2F)CC1. The first-order valence-electron chi connectivity index (χ1n) is 9.62. The van der Waals surface area contributed by atoms with Gasteiger partial charge in [-0.25, -0.2) is 4.39 Å². The molecule has 1 aliphatic heterocycles. The zero-order chi connectivity index (χ0) is 21.5. The molecule has 3 rings (SSSR count). The molecule has 1 fully saturated rings. The van der Waals surface area contributed by atoms with Gasteiger partial charge in [0, 0.05) is 44.3 Å². The Hall–Kier alpha value is -2.84. The Labute approximate surface area is 179 Å². The van der Waals surface area contributed by atoms with Gasteiger partial charge >= 0.3 is 11.8 Å². The molecule has 0 aliphatic carbocycles. The predicted molar refractivity (Wildman–Crippen MR) is 115 cm³/mol. The molecule has 1 aliphatic rings. The zero-order valence-electron chi connectivity index (χ0n) is 16.7. The average molecular weight is 435 g/mol. The highest BCUT2D eigenvalue weighted by Gasteiger charge is 2.20. The van der Waals surface area contributed by atoms with Crippen LogP contribution in [0.5, 0.6) is 5.75 Å². The summed E-state index contributed by atoms with van der Waals surface area (Å²) in [6.45, 7) is 3.82. The van der Waals surface area contributed by atoms with Crippen molar-refractivity contribution in [3.63, 3.8) is 0 Å². The van der Waals surface area contributed by atoms with E-state index >= 15 is 0 Å². The number of carbonyl (C=O) groups excluding carboxylic acids is 2. The molecule has 0 saturated carbocycles. The fraction of sp³-hybridized carbons (Fsp3) is 0.333. The van der Waals surface area contributed by atoms with Crippen molar-refractivity contribution in [2.75, 3.05) is 56.6 Å². The number of piperazine rings is 1. The first-order chi connectivity index (χ1) is 14.5. The smallest absolute Gasteiger partial charge is 0.313 e. The van der Waals surface area contributed by atoms with Gasteiger partial charge in [-0.1, -0.05) is 23.7 Å². The van der Waals surface area contributed by atoms with Gasteiger partial charge in [-0.3, -0.25) is 14.5 Å². The second kappa shape index (κ2) is 10.3. The lowest BCUT2D eigenvalue weighted by molar-refractivity contribution is -0.136. The van der Waals surface area contributed by atoms with Gasteiger partial charge in [0.25, 0.3) is 0 Å². The van der Waals surface area contributed by atoms with Crippen molar-refractivity contribution in [2.45, 2.75) is 0 Å². The summed E-state index contributed by atoms with van der Waals surface area (Å²) in [4.78, 5) is 28.4. The summed E-state index contributed by atoms with van der Waals surface area (Å²) < 4.78 is 19.1. The van der Waals surface area contributed by atoms with Crippen molar-refractivity contribution >= 4 is 34.8 Å². The molecular formula is C21H24ClFN4O3. The van der Waals surface area contributed by atoms with E-state index in [1.54, 1.807) is 24.3 Å². The quantitative estimate of drug-likeness (QED) is 0.683. The van der Waals surface area contributed by atoms with Crippen molar-refractivity contribution in [1.29, 1.82) is 0 Å².